The summed E-state index contributed by atoms with van der Waals surface area (Å²) in [5.41, 5.74) is -0.0828. The van der Waals surface area contributed by atoms with Crippen LogP contribution < -0.4 is 0 Å². The van der Waals surface area contributed by atoms with E-state index in [0.29, 0.717) is 18.4 Å². The monoisotopic (exact) mass is 386 g/mol. The zero-order chi connectivity index (χ0) is 19.2. The molecule has 1 aliphatic carbocycles. The maximum absolute atomic E-state index is 13.0. The maximum atomic E-state index is 13.0. The molecule has 5 nitrogen and oxygen atoms in total. The summed E-state index contributed by atoms with van der Waals surface area (Å²) in [6.07, 6.45) is 1.52. The normalized spacial score (nSPS) is 38.6. The first-order valence-corrected chi connectivity index (χ1v) is 10.1. The quantitative estimate of drug-likeness (QED) is 0.261. The van der Waals surface area contributed by atoms with E-state index in [2.05, 4.69) is 6.58 Å². The zero-order valence-corrected chi connectivity index (χ0v) is 15.9. The Morgan fingerprint density at radius 3 is 2.70 bits per heavy atom. The number of Topliss-reactive ketones (excluding diaryl/α,β-unsaturated/α-hetero) is 1. The van der Waals surface area contributed by atoms with Crippen molar-refractivity contribution in [1.82, 2.24) is 0 Å². The van der Waals surface area contributed by atoms with Gasteiger partial charge in [0.2, 0.25) is 0 Å². The number of esters is 1. The van der Waals surface area contributed by atoms with Crippen LogP contribution in [0.4, 0.5) is 0 Å². The Balaban J connectivity index is 1.63. The van der Waals surface area contributed by atoms with Crippen molar-refractivity contribution < 1.29 is 23.9 Å². The van der Waals surface area contributed by atoms with Gasteiger partial charge in [0.1, 0.15) is 24.3 Å². The highest BCUT2D eigenvalue weighted by molar-refractivity contribution is 8.00. The summed E-state index contributed by atoms with van der Waals surface area (Å²) < 4.78 is 11.4. The van der Waals surface area contributed by atoms with Crippen molar-refractivity contribution in [3.05, 3.63) is 42.5 Å². The van der Waals surface area contributed by atoms with Gasteiger partial charge in [0.05, 0.1) is 11.5 Å². The molecule has 6 atom stereocenters. The van der Waals surface area contributed by atoms with Gasteiger partial charge in [-0.2, -0.15) is 0 Å². The predicted molar refractivity (Wildman–Crippen MR) is 100 cm³/mol. The lowest BCUT2D eigenvalue weighted by Gasteiger charge is -2.26. The van der Waals surface area contributed by atoms with E-state index in [1.54, 1.807) is 11.8 Å². The molecule has 2 aliphatic heterocycles. The third kappa shape index (κ3) is 3.36. The van der Waals surface area contributed by atoms with E-state index in [9.17, 15) is 14.4 Å². The molecule has 142 valence electrons. The van der Waals surface area contributed by atoms with Crippen molar-refractivity contribution in [2.75, 3.05) is 0 Å². The van der Waals surface area contributed by atoms with Crippen molar-refractivity contribution in [3.63, 3.8) is 0 Å². The largest absolute Gasteiger partial charge is 0.455 e. The second-order valence-electron chi connectivity index (χ2n) is 7.69. The summed E-state index contributed by atoms with van der Waals surface area (Å²) in [5, 5.41) is -0.165. The second kappa shape index (κ2) is 6.91. The van der Waals surface area contributed by atoms with Crippen LogP contribution in [0.5, 0.6) is 0 Å². The number of hydrogen-bond acceptors (Lipinski definition) is 6. The Labute approximate surface area is 162 Å². The van der Waals surface area contributed by atoms with E-state index in [0.717, 1.165) is 11.2 Å². The number of aldehydes is 1. The van der Waals surface area contributed by atoms with Gasteiger partial charge in [0, 0.05) is 28.1 Å². The van der Waals surface area contributed by atoms with Crippen LogP contribution in [0.25, 0.3) is 0 Å². The number of ether oxygens (including phenoxy) is 2. The number of benzene rings is 1. The van der Waals surface area contributed by atoms with Gasteiger partial charge < -0.3 is 14.3 Å². The topological polar surface area (TPSA) is 73.0 Å². The summed E-state index contributed by atoms with van der Waals surface area (Å²) >= 11 is 1.56. The van der Waals surface area contributed by atoms with Crippen LogP contribution in [0.3, 0.4) is 0 Å². The molecule has 2 heterocycles. The highest BCUT2D eigenvalue weighted by Gasteiger charge is 2.62. The first-order valence-electron chi connectivity index (χ1n) is 9.20. The van der Waals surface area contributed by atoms with Crippen LogP contribution in [-0.2, 0) is 23.9 Å². The average Bonchev–Trinajstić information content (AvgIpc) is 3.25. The van der Waals surface area contributed by atoms with Crippen molar-refractivity contribution in [1.29, 1.82) is 0 Å². The molecule has 1 saturated carbocycles. The Morgan fingerprint density at radius 2 is 2.00 bits per heavy atom. The van der Waals surface area contributed by atoms with Gasteiger partial charge in [-0.15, -0.1) is 11.8 Å². The van der Waals surface area contributed by atoms with Gasteiger partial charge in [0.15, 0.2) is 0 Å². The molecule has 0 spiro atoms. The summed E-state index contributed by atoms with van der Waals surface area (Å²) in [5.74, 6) is -1.76. The molecule has 0 aromatic heterocycles. The SMILES string of the molecule is C=C1C(=O)O[C@@H]2[C@H]3O[C@]3(C)CCC(Sc3ccccc3)C(C=O)C(=O)C[C@@H]12. The minimum absolute atomic E-state index is 0.0838. The van der Waals surface area contributed by atoms with Crippen molar-refractivity contribution >= 4 is 29.8 Å². The van der Waals surface area contributed by atoms with Crippen LogP contribution in [0.2, 0.25) is 0 Å². The molecule has 0 radical (unpaired) electrons. The molecular formula is C21H22O5S. The fourth-order valence-electron chi connectivity index (χ4n) is 4.15. The molecule has 2 unspecified atom stereocenters. The van der Waals surface area contributed by atoms with Gasteiger partial charge in [-0.3, -0.25) is 4.79 Å². The molecule has 4 rings (SSSR count). The molecule has 0 N–H and O–H groups in total. The van der Waals surface area contributed by atoms with E-state index < -0.39 is 29.5 Å². The maximum Gasteiger partial charge on any atom is 0.334 e. The molecule has 2 saturated heterocycles. The highest BCUT2D eigenvalue weighted by Crippen LogP contribution is 2.51. The lowest BCUT2D eigenvalue weighted by atomic mass is 9.80. The van der Waals surface area contributed by atoms with Crippen LogP contribution in [-0.4, -0.2) is 41.1 Å². The molecule has 1 aromatic rings. The standard InChI is InChI=1S/C21H22O5S/c1-12-14-10-16(23)15(11-22)17(27-13-6-4-3-5-7-13)8-9-21(2)19(26-21)18(14)25-20(12)24/h3-7,11,14-15,17-19H,1,8-10H2,2H3/t14-,15?,17?,18-,19+,21+/m0/s1. The predicted octanol–water partition coefficient (Wildman–Crippen LogP) is 2.97. The number of ketones is 1. The number of carbonyl (C=O) groups is 3. The van der Waals surface area contributed by atoms with Crippen LogP contribution in [0.15, 0.2) is 47.4 Å². The molecule has 1 aromatic carbocycles. The van der Waals surface area contributed by atoms with E-state index in [1.165, 1.54) is 0 Å². The lowest BCUT2D eigenvalue weighted by molar-refractivity contribution is -0.140. The van der Waals surface area contributed by atoms with Crippen molar-refractivity contribution in [2.45, 2.75) is 54.1 Å². The molecule has 3 aliphatic rings. The summed E-state index contributed by atoms with van der Waals surface area (Å²) in [6, 6.07) is 9.78. The molecule has 6 heteroatoms. The third-order valence-electron chi connectivity index (χ3n) is 5.88. The number of carbonyl (C=O) groups excluding carboxylic acids is 3. The number of rotatable bonds is 3. The Kier molecular flexibility index (Phi) is 4.72. The van der Waals surface area contributed by atoms with Crippen LogP contribution in [0.1, 0.15) is 26.2 Å². The van der Waals surface area contributed by atoms with Crippen molar-refractivity contribution in [2.24, 2.45) is 11.8 Å². The van der Waals surface area contributed by atoms with Gasteiger partial charge >= 0.3 is 5.97 Å². The van der Waals surface area contributed by atoms with Gasteiger partial charge in [0.25, 0.3) is 0 Å². The lowest BCUT2D eigenvalue weighted by Crippen LogP contribution is -2.36. The Hall–Kier alpha value is -1.92. The van der Waals surface area contributed by atoms with Crippen LogP contribution in [0, 0.1) is 11.8 Å². The summed E-state index contributed by atoms with van der Waals surface area (Å²) in [6.45, 7) is 5.82. The first-order chi connectivity index (χ1) is 12.9. The van der Waals surface area contributed by atoms with E-state index >= 15 is 0 Å². The van der Waals surface area contributed by atoms with E-state index in [1.807, 2.05) is 37.3 Å². The summed E-state index contributed by atoms with van der Waals surface area (Å²) in [4.78, 5) is 37.9. The van der Waals surface area contributed by atoms with Gasteiger partial charge in [-0.25, -0.2) is 4.79 Å². The average molecular weight is 386 g/mol. The van der Waals surface area contributed by atoms with Gasteiger partial charge in [-0.1, -0.05) is 24.8 Å². The molecule has 0 amide bonds. The Bertz CT molecular complexity index is 791. The minimum Gasteiger partial charge on any atom is -0.455 e. The van der Waals surface area contributed by atoms with E-state index in [-0.39, 0.29) is 23.6 Å². The molecule has 3 fully saturated rings. The van der Waals surface area contributed by atoms with Gasteiger partial charge in [-0.05, 0) is 31.9 Å². The Morgan fingerprint density at radius 1 is 1.26 bits per heavy atom. The summed E-state index contributed by atoms with van der Waals surface area (Å²) in [7, 11) is 0. The fraction of sp³-hybridized carbons (Fsp3) is 0.476. The van der Waals surface area contributed by atoms with E-state index in [4.69, 9.17) is 9.47 Å². The second-order valence-corrected chi connectivity index (χ2v) is 9.01. The first kappa shape index (κ1) is 18.4. The highest BCUT2D eigenvalue weighted by atomic mass is 32.2. The molecule has 0 bridgehead atoms. The number of hydrogen-bond donors (Lipinski definition) is 0. The fourth-order valence-corrected chi connectivity index (χ4v) is 5.42. The molecular weight excluding hydrogens is 364 g/mol. The molecule has 27 heavy (non-hydrogen) atoms. The zero-order valence-electron chi connectivity index (χ0n) is 15.1. The number of epoxide rings is 1. The smallest absolute Gasteiger partial charge is 0.334 e. The van der Waals surface area contributed by atoms with Crippen molar-refractivity contribution in [3.8, 4) is 0 Å². The minimum atomic E-state index is -0.724. The van der Waals surface area contributed by atoms with Crippen LogP contribution >= 0.6 is 11.8 Å². The number of fused-ring (bicyclic) bond motifs is 3. The number of thioether (sulfide) groups is 1. The third-order valence-corrected chi connectivity index (χ3v) is 7.26.